The lowest BCUT2D eigenvalue weighted by molar-refractivity contribution is -0.143. The summed E-state index contributed by atoms with van der Waals surface area (Å²) in [7, 11) is 1.41. The molecular formula is C14H17FO2. The van der Waals surface area contributed by atoms with E-state index in [2.05, 4.69) is 0 Å². The van der Waals surface area contributed by atoms with Gasteiger partial charge >= 0.3 is 5.97 Å². The molecule has 1 atom stereocenters. The van der Waals surface area contributed by atoms with Crippen LogP contribution in [-0.2, 0) is 9.53 Å². The van der Waals surface area contributed by atoms with E-state index in [1.165, 1.54) is 32.1 Å². The average Bonchev–Trinajstić information content (AvgIpc) is 2.85. The first kappa shape index (κ1) is 12.1. The topological polar surface area (TPSA) is 26.3 Å². The van der Waals surface area contributed by atoms with Crippen molar-refractivity contribution < 1.29 is 13.9 Å². The van der Waals surface area contributed by atoms with Crippen molar-refractivity contribution in [3.8, 4) is 0 Å². The second kappa shape index (κ2) is 5.30. The van der Waals surface area contributed by atoms with E-state index >= 15 is 0 Å². The second-order valence-electron chi connectivity index (χ2n) is 4.60. The Morgan fingerprint density at radius 2 is 1.88 bits per heavy atom. The minimum atomic E-state index is -0.274. The molecule has 92 valence electrons. The van der Waals surface area contributed by atoms with Gasteiger partial charge in [0.15, 0.2) is 0 Å². The molecule has 0 N–H and O–H groups in total. The van der Waals surface area contributed by atoms with E-state index in [0.29, 0.717) is 5.92 Å². The number of ether oxygens (including phenoxy) is 1. The molecule has 1 aliphatic carbocycles. The molecule has 1 unspecified atom stereocenters. The SMILES string of the molecule is COC(=O)C(c1ccc(F)cc1)C1CCCC1. The highest BCUT2D eigenvalue weighted by molar-refractivity contribution is 5.78. The molecule has 0 aliphatic heterocycles. The van der Waals surface area contributed by atoms with Crippen LogP contribution < -0.4 is 0 Å². The second-order valence-corrected chi connectivity index (χ2v) is 4.60. The normalized spacial score (nSPS) is 18.0. The molecule has 1 saturated carbocycles. The monoisotopic (exact) mass is 236 g/mol. The standard InChI is InChI=1S/C14H17FO2/c1-17-14(16)13(10-4-2-3-5-10)11-6-8-12(15)9-7-11/h6-10,13H,2-5H2,1H3. The van der Waals surface area contributed by atoms with Crippen molar-refractivity contribution >= 4 is 5.97 Å². The number of hydrogen-bond acceptors (Lipinski definition) is 2. The average molecular weight is 236 g/mol. The number of methoxy groups -OCH3 is 1. The van der Waals surface area contributed by atoms with Gasteiger partial charge in [0, 0.05) is 0 Å². The summed E-state index contributed by atoms with van der Waals surface area (Å²) < 4.78 is 17.8. The third-order valence-corrected chi connectivity index (χ3v) is 3.56. The van der Waals surface area contributed by atoms with Crippen LogP contribution in [0, 0.1) is 11.7 Å². The first-order valence-electron chi connectivity index (χ1n) is 6.05. The summed E-state index contributed by atoms with van der Waals surface area (Å²) in [6.07, 6.45) is 4.44. The van der Waals surface area contributed by atoms with E-state index in [9.17, 15) is 9.18 Å². The molecule has 2 rings (SSSR count). The minimum Gasteiger partial charge on any atom is -0.469 e. The van der Waals surface area contributed by atoms with Crippen LogP contribution in [0.4, 0.5) is 4.39 Å². The van der Waals surface area contributed by atoms with Gasteiger partial charge in [0.2, 0.25) is 0 Å². The van der Waals surface area contributed by atoms with E-state index < -0.39 is 0 Å². The maximum absolute atomic E-state index is 12.9. The first-order chi connectivity index (χ1) is 8.22. The number of hydrogen-bond donors (Lipinski definition) is 0. The molecular weight excluding hydrogens is 219 g/mol. The molecule has 3 heteroatoms. The predicted octanol–water partition coefficient (Wildman–Crippen LogP) is 3.27. The summed E-state index contributed by atoms with van der Waals surface area (Å²) in [5.74, 6) is -0.372. The van der Waals surface area contributed by atoms with Gasteiger partial charge in [0.05, 0.1) is 13.0 Å². The largest absolute Gasteiger partial charge is 0.469 e. The highest BCUT2D eigenvalue weighted by atomic mass is 19.1. The van der Waals surface area contributed by atoms with Crippen molar-refractivity contribution in [2.45, 2.75) is 31.6 Å². The van der Waals surface area contributed by atoms with E-state index in [-0.39, 0.29) is 17.7 Å². The van der Waals surface area contributed by atoms with Gasteiger partial charge in [-0.15, -0.1) is 0 Å². The van der Waals surface area contributed by atoms with Crippen molar-refractivity contribution in [1.29, 1.82) is 0 Å². The number of benzene rings is 1. The van der Waals surface area contributed by atoms with Gasteiger partial charge < -0.3 is 4.74 Å². The van der Waals surface area contributed by atoms with Crippen LogP contribution in [0.15, 0.2) is 24.3 Å². The number of carbonyl (C=O) groups excluding carboxylic acids is 1. The van der Waals surface area contributed by atoms with Gasteiger partial charge in [-0.2, -0.15) is 0 Å². The highest BCUT2D eigenvalue weighted by Gasteiger charge is 2.32. The van der Waals surface area contributed by atoms with Gasteiger partial charge in [-0.3, -0.25) is 4.79 Å². The van der Waals surface area contributed by atoms with Crippen molar-refractivity contribution in [3.63, 3.8) is 0 Å². The maximum atomic E-state index is 12.9. The summed E-state index contributed by atoms with van der Waals surface area (Å²) in [5, 5.41) is 0. The fourth-order valence-electron chi connectivity index (χ4n) is 2.69. The molecule has 0 spiro atoms. The Kier molecular flexibility index (Phi) is 3.77. The third kappa shape index (κ3) is 2.65. The third-order valence-electron chi connectivity index (χ3n) is 3.56. The van der Waals surface area contributed by atoms with Gasteiger partial charge in [-0.25, -0.2) is 4.39 Å². The van der Waals surface area contributed by atoms with Crippen LogP contribution in [-0.4, -0.2) is 13.1 Å². The molecule has 0 bridgehead atoms. The van der Waals surface area contributed by atoms with Crippen LogP contribution in [0.3, 0.4) is 0 Å². The number of esters is 1. The Labute approximate surface area is 101 Å². The molecule has 1 aromatic carbocycles. The molecule has 1 aliphatic rings. The lowest BCUT2D eigenvalue weighted by Crippen LogP contribution is -2.21. The van der Waals surface area contributed by atoms with Crippen LogP contribution >= 0.6 is 0 Å². The highest BCUT2D eigenvalue weighted by Crippen LogP contribution is 2.38. The van der Waals surface area contributed by atoms with Crippen LogP contribution in [0.25, 0.3) is 0 Å². The van der Waals surface area contributed by atoms with Gasteiger partial charge in [-0.1, -0.05) is 25.0 Å². The van der Waals surface area contributed by atoms with E-state index in [1.807, 2.05) is 0 Å². The molecule has 0 aromatic heterocycles. The Morgan fingerprint density at radius 3 is 2.41 bits per heavy atom. The zero-order chi connectivity index (χ0) is 12.3. The molecule has 2 nitrogen and oxygen atoms in total. The summed E-state index contributed by atoms with van der Waals surface area (Å²) in [6.45, 7) is 0. The lowest BCUT2D eigenvalue weighted by atomic mass is 9.85. The summed E-state index contributed by atoms with van der Waals surface area (Å²) in [5.41, 5.74) is 0.866. The molecule has 1 fully saturated rings. The fraction of sp³-hybridized carbons (Fsp3) is 0.500. The first-order valence-corrected chi connectivity index (χ1v) is 6.05. The zero-order valence-corrected chi connectivity index (χ0v) is 9.99. The Hall–Kier alpha value is -1.38. The quantitative estimate of drug-likeness (QED) is 0.753. The molecule has 1 aromatic rings. The summed E-state index contributed by atoms with van der Waals surface area (Å²) in [4.78, 5) is 11.9. The maximum Gasteiger partial charge on any atom is 0.313 e. The zero-order valence-electron chi connectivity index (χ0n) is 9.99. The van der Waals surface area contributed by atoms with Gasteiger partial charge in [0.25, 0.3) is 0 Å². The van der Waals surface area contributed by atoms with Gasteiger partial charge in [-0.05, 0) is 36.5 Å². The molecule has 0 radical (unpaired) electrons. The van der Waals surface area contributed by atoms with Crippen molar-refractivity contribution in [2.24, 2.45) is 5.92 Å². The van der Waals surface area contributed by atoms with Crippen LogP contribution in [0.2, 0.25) is 0 Å². The van der Waals surface area contributed by atoms with Crippen LogP contribution in [0.5, 0.6) is 0 Å². The predicted molar refractivity (Wildman–Crippen MR) is 63.1 cm³/mol. The minimum absolute atomic E-state index is 0.205. The lowest BCUT2D eigenvalue weighted by Gasteiger charge is -2.21. The molecule has 17 heavy (non-hydrogen) atoms. The number of rotatable bonds is 3. The molecule has 0 saturated heterocycles. The summed E-state index contributed by atoms with van der Waals surface area (Å²) in [6, 6.07) is 6.19. The van der Waals surface area contributed by atoms with E-state index in [4.69, 9.17) is 4.74 Å². The Balaban J connectivity index is 2.25. The van der Waals surface area contributed by atoms with Crippen LogP contribution in [0.1, 0.15) is 37.2 Å². The number of carbonyl (C=O) groups is 1. The summed E-state index contributed by atoms with van der Waals surface area (Å²) >= 11 is 0. The van der Waals surface area contributed by atoms with Crippen molar-refractivity contribution in [2.75, 3.05) is 7.11 Å². The Morgan fingerprint density at radius 1 is 1.29 bits per heavy atom. The van der Waals surface area contributed by atoms with Crippen molar-refractivity contribution in [1.82, 2.24) is 0 Å². The smallest absolute Gasteiger partial charge is 0.313 e. The van der Waals surface area contributed by atoms with Gasteiger partial charge in [0.1, 0.15) is 5.82 Å². The molecule has 0 amide bonds. The molecule has 0 heterocycles. The number of halogens is 1. The fourth-order valence-corrected chi connectivity index (χ4v) is 2.69. The van der Waals surface area contributed by atoms with E-state index in [0.717, 1.165) is 18.4 Å². The van der Waals surface area contributed by atoms with Crippen molar-refractivity contribution in [3.05, 3.63) is 35.6 Å². The van der Waals surface area contributed by atoms with E-state index in [1.54, 1.807) is 12.1 Å². The Bertz CT molecular complexity index is 380.